The van der Waals surface area contributed by atoms with Gasteiger partial charge in [-0.1, -0.05) is 18.2 Å². The second kappa shape index (κ2) is 5.96. The third-order valence-electron chi connectivity index (χ3n) is 3.85. The van der Waals surface area contributed by atoms with E-state index in [9.17, 15) is 9.18 Å². The Bertz CT molecular complexity index is 911. The number of aryl methyl sites for hydroxylation is 1. The standard InChI is InChI=1S/C17H19FN4O/c1-11-14(8-12-6-4-5-7-15(12)18)17(23)22-16(20-11)13(9-19-22)10-21(2)3/h4-7,9,19H,8,10H2,1-3H3. The molecule has 0 bridgehead atoms. The smallest absolute Gasteiger partial charge is 0.276 e. The van der Waals surface area contributed by atoms with Crippen LogP contribution in [-0.4, -0.2) is 33.6 Å². The van der Waals surface area contributed by atoms with Gasteiger partial charge in [-0.2, -0.15) is 0 Å². The van der Waals surface area contributed by atoms with Crippen LogP contribution < -0.4 is 5.56 Å². The molecule has 5 nitrogen and oxygen atoms in total. The minimum absolute atomic E-state index is 0.180. The molecule has 0 fully saturated rings. The van der Waals surface area contributed by atoms with Crippen LogP contribution in [0.4, 0.5) is 4.39 Å². The number of fused-ring (bicyclic) bond motifs is 1. The number of H-pyrrole nitrogens is 1. The highest BCUT2D eigenvalue weighted by molar-refractivity contribution is 5.48. The summed E-state index contributed by atoms with van der Waals surface area (Å²) in [6.07, 6.45) is 2.02. The number of nitrogens with one attached hydrogen (secondary N) is 1. The lowest BCUT2D eigenvalue weighted by Crippen LogP contribution is -2.22. The van der Waals surface area contributed by atoms with Gasteiger partial charge in [-0.25, -0.2) is 13.9 Å². The van der Waals surface area contributed by atoms with Gasteiger partial charge in [0.1, 0.15) is 5.82 Å². The number of benzene rings is 1. The van der Waals surface area contributed by atoms with Crippen LogP contribution in [0.2, 0.25) is 0 Å². The van der Waals surface area contributed by atoms with E-state index in [-0.39, 0.29) is 17.8 Å². The fraction of sp³-hybridized carbons (Fsp3) is 0.294. The molecule has 0 aliphatic rings. The molecule has 0 saturated carbocycles. The SMILES string of the molecule is Cc1nc2c(CN(C)C)c[nH]n2c(=O)c1Cc1ccccc1F. The summed E-state index contributed by atoms with van der Waals surface area (Å²) in [5, 5.41) is 2.95. The van der Waals surface area contributed by atoms with Crippen LogP contribution >= 0.6 is 0 Å². The van der Waals surface area contributed by atoms with Gasteiger partial charge in [0.05, 0.1) is 0 Å². The van der Waals surface area contributed by atoms with Gasteiger partial charge in [-0.15, -0.1) is 0 Å². The van der Waals surface area contributed by atoms with Crippen molar-refractivity contribution in [2.45, 2.75) is 19.9 Å². The van der Waals surface area contributed by atoms with Crippen molar-refractivity contribution in [3.8, 4) is 0 Å². The number of aromatic nitrogens is 3. The summed E-state index contributed by atoms with van der Waals surface area (Å²) in [5.74, 6) is -0.309. The quantitative estimate of drug-likeness (QED) is 0.802. The summed E-state index contributed by atoms with van der Waals surface area (Å²) in [6, 6.07) is 6.49. The van der Waals surface area contributed by atoms with Gasteiger partial charge in [0.2, 0.25) is 0 Å². The summed E-state index contributed by atoms with van der Waals surface area (Å²) < 4.78 is 15.3. The molecule has 0 saturated heterocycles. The highest BCUT2D eigenvalue weighted by Gasteiger charge is 2.15. The molecule has 3 rings (SSSR count). The molecule has 23 heavy (non-hydrogen) atoms. The van der Waals surface area contributed by atoms with Gasteiger partial charge in [0.25, 0.3) is 5.56 Å². The molecular formula is C17H19FN4O. The van der Waals surface area contributed by atoms with Gasteiger partial charge in [0.15, 0.2) is 5.65 Å². The monoisotopic (exact) mass is 314 g/mol. The number of nitrogens with zero attached hydrogens (tertiary/aromatic N) is 3. The normalized spacial score (nSPS) is 11.5. The zero-order chi connectivity index (χ0) is 16.6. The molecule has 120 valence electrons. The molecule has 3 aromatic rings. The second-order valence-electron chi connectivity index (χ2n) is 5.94. The maximum Gasteiger partial charge on any atom is 0.276 e. The Morgan fingerprint density at radius 2 is 2.00 bits per heavy atom. The van der Waals surface area contributed by atoms with E-state index in [0.29, 0.717) is 29.0 Å². The first-order valence-electron chi connectivity index (χ1n) is 7.44. The molecule has 0 aliphatic carbocycles. The fourth-order valence-corrected chi connectivity index (χ4v) is 2.70. The highest BCUT2D eigenvalue weighted by atomic mass is 19.1. The van der Waals surface area contributed by atoms with Crippen LogP contribution in [0.1, 0.15) is 22.4 Å². The molecule has 0 radical (unpaired) electrons. The van der Waals surface area contributed by atoms with Crippen LogP contribution in [0, 0.1) is 12.7 Å². The van der Waals surface area contributed by atoms with E-state index in [1.54, 1.807) is 31.3 Å². The maximum atomic E-state index is 13.9. The Morgan fingerprint density at radius 1 is 1.26 bits per heavy atom. The van der Waals surface area contributed by atoms with Gasteiger partial charge in [-0.3, -0.25) is 9.89 Å². The highest BCUT2D eigenvalue weighted by Crippen LogP contribution is 2.15. The molecule has 1 N–H and O–H groups in total. The lowest BCUT2D eigenvalue weighted by Gasteiger charge is -2.09. The molecule has 0 amide bonds. The van der Waals surface area contributed by atoms with Crippen LogP contribution in [-0.2, 0) is 13.0 Å². The number of aromatic amines is 1. The minimum Gasteiger partial charge on any atom is -0.305 e. The Morgan fingerprint density at radius 3 is 2.70 bits per heavy atom. The van der Waals surface area contributed by atoms with Crippen molar-refractivity contribution in [3.63, 3.8) is 0 Å². The fourth-order valence-electron chi connectivity index (χ4n) is 2.70. The number of hydrogen-bond donors (Lipinski definition) is 1. The summed E-state index contributed by atoms with van der Waals surface area (Å²) in [6.45, 7) is 2.48. The predicted molar refractivity (Wildman–Crippen MR) is 87.1 cm³/mol. The first-order valence-corrected chi connectivity index (χ1v) is 7.44. The summed E-state index contributed by atoms with van der Waals surface area (Å²) >= 11 is 0. The molecule has 0 spiro atoms. The predicted octanol–water partition coefficient (Wildman–Crippen LogP) is 2.12. The van der Waals surface area contributed by atoms with Gasteiger partial charge in [-0.05, 0) is 32.6 Å². The van der Waals surface area contributed by atoms with E-state index in [0.717, 1.165) is 5.56 Å². The largest absolute Gasteiger partial charge is 0.305 e. The Labute approximate surface area is 133 Å². The van der Waals surface area contributed by atoms with Crippen LogP contribution in [0.15, 0.2) is 35.3 Å². The summed E-state index contributed by atoms with van der Waals surface area (Å²) in [7, 11) is 3.92. The summed E-state index contributed by atoms with van der Waals surface area (Å²) in [5.41, 5.74) is 3.03. The van der Waals surface area contributed by atoms with Crippen LogP contribution in [0.25, 0.3) is 5.65 Å². The minimum atomic E-state index is -0.309. The number of hydrogen-bond acceptors (Lipinski definition) is 3. The maximum absolute atomic E-state index is 13.9. The third kappa shape index (κ3) is 2.90. The Hall–Kier alpha value is -2.47. The number of rotatable bonds is 4. The second-order valence-corrected chi connectivity index (χ2v) is 5.94. The Kier molecular flexibility index (Phi) is 4.00. The van der Waals surface area contributed by atoms with Crippen molar-refractivity contribution in [2.75, 3.05) is 14.1 Å². The lowest BCUT2D eigenvalue weighted by molar-refractivity contribution is 0.403. The lowest BCUT2D eigenvalue weighted by atomic mass is 10.0. The van der Waals surface area contributed by atoms with Crippen molar-refractivity contribution in [3.05, 3.63) is 69.0 Å². The molecule has 2 aromatic heterocycles. The molecule has 0 atom stereocenters. The average molecular weight is 314 g/mol. The average Bonchev–Trinajstić information content (AvgIpc) is 2.87. The van der Waals surface area contributed by atoms with Gasteiger partial charge in [0, 0.05) is 36.0 Å². The molecular weight excluding hydrogens is 295 g/mol. The van der Waals surface area contributed by atoms with Crippen molar-refractivity contribution >= 4 is 5.65 Å². The van der Waals surface area contributed by atoms with E-state index in [4.69, 9.17) is 0 Å². The zero-order valence-corrected chi connectivity index (χ0v) is 13.4. The van der Waals surface area contributed by atoms with Gasteiger partial charge < -0.3 is 4.90 Å². The summed E-state index contributed by atoms with van der Waals surface area (Å²) in [4.78, 5) is 19.3. The first-order chi connectivity index (χ1) is 11.0. The van der Waals surface area contributed by atoms with Crippen LogP contribution in [0.5, 0.6) is 0 Å². The molecule has 0 unspecified atom stereocenters. The van der Waals surface area contributed by atoms with Gasteiger partial charge >= 0.3 is 0 Å². The third-order valence-corrected chi connectivity index (χ3v) is 3.85. The molecule has 1 aromatic carbocycles. The van der Waals surface area contributed by atoms with Crippen molar-refractivity contribution in [2.24, 2.45) is 0 Å². The molecule has 2 heterocycles. The zero-order valence-electron chi connectivity index (χ0n) is 13.4. The van der Waals surface area contributed by atoms with E-state index in [1.807, 2.05) is 19.0 Å². The van der Waals surface area contributed by atoms with E-state index < -0.39 is 0 Å². The number of halogens is 1. The Balaban J connectivity index is 2.09. The topological polar surface area (TPSA) is 53.4 Å². The van der Waals surface area contributed by atoms with E-state index in [2.05, 4.69) is 10.1 Å². The molecule has 6 heteroatoms. The van der Waals surface area contributed by atoms with Crippen LogP contribution in [0.3, 0.4) is 0 Å². The van der Waals surface area contributed by atoms with Crippen molar-refractivity contribution < 1.29 is 4.39 Å². The first kappa shape index (κ1) is 15.4. The van der Waals surface area contributed by atoms with E-state index >= 15 is 0 Å². The van der Waals surface area contributed by atoms with Crippen molar-refractivity contribution in [1.29, 1.82) is 0 Å². The molecule has 0 aliphatic heterocycles. The van der Waals surface area contributed by atoms with Crippen molar-refractivity contribution in [1.82, 2.24) is 19.5 Å². The van der Waals surface area contributed by atoms with E-state index in [1.165, 1.54) is 10.6 Å².